The van der Waals surface area contributed by atoms with Crippen molar-refractivity contribution in [1.82, 2.24) is 4.98 Å². The van der Waals surface area contributed by atoms with Gasteiger partial charge in [0.2, 0.25) is 6.17 Å². The van der Waals surface area contributed by atoms with Gasteiger partial charge in [-0.1, -0.05) is 12.1 Å². The first-order chi connectivity index (χ1) is 6.31. The van der Waals surface area contributed by atoms with Gasteiger partial charge in [0.1, 0.15) is 11.1 Å². The molecule has 0 spiro atoms. The van der Waals surface area contributed by atoms with Crippen LogP contribution in [0.2, 0.25) is 0 Å². The first kappa shape index (κ1) is 8.14. The highest BCUT2D eigenvalue weighted by atomic mass is 32.1. The molecule has 2 nitrogen and oxygen atoms in total. The summed E-state index contributed by atoms with van der Waals surface area (Å²) >= 11 is 1.22. The molecule has 0 amide bonds. The topological polar surface area (TPSA) is 36.7 Å². The van der Waals surface area contributed by atoms with Crippen molar-refractivity contribution in [2.24, 2.45) is 0 Å². The molecule has 0 unspecified atom stereocenters. The molecule has 1 aromatic carbocycles. The molecule has 64 valence electrons. The molecule has 2 aromatic rings. The van der Waals surface area contributed by atoms with Crippen LogP contribution in [-0.2, 0) is 0 Å². The highest BCUT2D eigenvalue weighted by molar-refractivity contribution is 7.18. The molecule has 1 heterocycles. The van der Waals surface area contributed by atoms with E-state index in [0.717, 1.165) is 10.2 Å². The Bertz CT molecular complexity index is 439. The predicted molar refractivity (Wildman–Crippen MR) is 49.1 cm³/mol. The normalized spacial score (nSPS) is 12.6. The van der Waals surface area contributed by atoms with Gasteiger partial charge >= 0.3 is 0 Å². The van der Waals surface area contributed by atoms with Crippen LogP contribution in [0.3, 0.4) is 0 Å². The van der Waals surface area contributed by atoms with Crippen molar-refractivity contribution < 1.29 is 4.39 Å². The second-order valence-corrected chi connectivity index (χ2v) is 3.57. The highest BCUT2D eigenvalue weighted by Gasteiger charge is 2.13. The second-order valence-electron chi connectivity index (χ2n) is 2.51. The van der Waals surface area contributed by atoms with Crippen LogP contribution in [0.15, 0.2) is 24.3 Å². The van der Waals surface area contributed by atoms with Crippen LogP contribution >= 0.6 is 11.3 Å². The van der Waals surface area contributed by atoms with Crippen LogP contribution in [0.5, 0.6) is 0 Å². The van der Waals surface area contributed by atoms with Crippen LogP contribution in [0.25, 0.3) is 10.2 Å². The third kappa shape index (κ3) is 1.38. The SMILES string of the molecule is N#C[C@@H](F)c1nc2ccccc2s1. The van der Waals surface area contributed by atoms with Crippen molar-refractivity contribution in [2.45, 2.75) is 6.17 Å². The van der Waals surface area contributed by atoms with Gasteiger partial charge in [-0.3, -0.25) is 0 Å². The van der Waals surface area contributed by atoms with E-state index in [2.05, 4.69) is 4.98 Å². The average Bonchev–Trinajstić information content (AvgIpc) is 2.59. The molecular formula is C9H5FN2S. The number of nitrogens with zero attached hydrogens (tertiary/aromatic N) is 2. The largest absolute Gasteiger partial charge is 0.237 e. The van der Waals surface area contributed by atoms with Gasteiger partial charge in [-0.15, -0.1) is 11.3 Å². The van der Waals surface area contributed by atoms with Crippen LogP contribution in [0.1, 0.15) is 11.2 Å². The molecule has 13 heavy (non-hydrogen) atoms. The zero-order valence-electron chi connectivity index (χ0n) is 6.57. The smallest absolute Gasteiger partial charge is 0.237 e. The number of aromatic nitrogens is 1. The summed E-state index contributed by atoms with van der Waals surface area (Å²) < 4.78 is 13.8. The van der Waals surface area contributed by atoms with Crippen molar-refractivity contribution in [3.63, 3.8) is 0 Å². The fourth-order valence-corrected chi connectivity index (χ4v) is 1.94. The van der Waals surface area contributed by atoms with Gasteiger partial charge < -0.3 is 0 Å². The van der Waals surface area contributed by atoms with Gasteiger partial charge in [-0.05, 0) is 12.1 Å². The molecule has 0 aliphatic carbocycles. The summed E-state index contributed by atoms with van der Waals surface area (Å²) in [4.78, 5) is 4.00. The Balaban J connectivity index is 2.57. The highest BCUT2D eigenvalue weighted by Crippen LogP contribution is 2.27. The molecule has 0 N–H and O–H groups in total. The molecule has 0 radical (unpaired) electrons. The first-order valence-corrected chi connectivity index (χ1v) is 4.52. The summed E-state index contributed by atoms with van der Waals surface area (Å²) in [5, 5.41) is 8.59. The molecule has 0 saturated carbocycles. The monoisotopic (exact) mass is 192 g/mol. The number of rotatable bonds is 1. The minimum atomic E-state index is -1.60. The van der Waals surface area contributed by atoms with Gasteiger partial charge in [-0.25, -0.2) is 9.37 Å². The average molecular weight is 192 g/mol. The maximum Gasteiger partial charge on any atom is 0.237 e. The summed E-state index contributed by atoms with van der Waals surface area (Å²) in [6.45, 7) is 0. The van der Waals surface area contributed by atoms with Crippen molar-refractivity contribution in [3.8, 4) is 6.07 Å². The zero-order chi connectivity index (χ0) is 9.26. The van der Waals surface area contributed by atoms with Crippen molar-refractivity contribution in [2.75, 3.05) is 0 Å². The molecule has 0 bridgehead atoms. The lowest BCUT2D eigenvalue weighted by Gasteiger charge is -1.87. The minimum absolute atomic E-state index is 0.240. The Morgan fingerprint density at radius 2 is 2.23 bits per heavy atom. The molecule has 4 heteroatoms. The number of nitriles is 1. The van der Waals surface area contributed by atoms with Crippen LogP contribution in [0, 0.1) is 11.3 Å². The van der Waals surface area contributed by atoms with Crippen LogP contribution in [-0.4, -0.2) is 4.98 Å². The van der Waals surface area contributed by atoms with E-state index in [0.29, 0.717) is 0 Å². The predicted octanol–water partition coefficient (Wildman–Crippen LogP) is 2.83. The maximum absolute atomic E-state index is 12.9. The van der Waals surface area contributed by atoms with E-state index in [-0.39, 0.29) is 5.01 Å². The van der Waals surface area contributed by atoms with Crippen LogP contribution < -0.4 is 0 Å². The van der Waals surface area contributed by atoms with E-state index in [1.807, 2.05) is 18.2 Å². The molecule has 0 saturated heterocycles. The Kier molecular flexibility index (Phi) is 1.95. The Labute approximate surface area is 78.3 Å². The Morgan fingerprint density at radius 1 is 1.46 bits per heavy atom. The second kappa shape index (κ2) is 3.11. The van der Waals surface area contributed by atoms with Crippen molar-refractivity contribution >= 4 is 21.6 Å². The fourth-order valence-electron chi connectivity index (χ4n) is 1.05. The summed E-state index contributed by atoms with van der Waals surface area (Å²) in [6, 6.07) is 8.89. The van der Waals surface area contributed by atoms with Crippen molar-refractivity contribution in [3.05, 3.63) is 29.3 Å². The molecule has 0 fully saturated rings. The summed E-state index contributed by atoms with van der Waals surface area (Å²) in [6.07, 6.45) is -1.60. The van der Waals surface area contributed by atoms with E-state index in [1.54, 1.807) is 6.07 Å². The van der Waals surface area contributed by atoms with Gasteiger partial charge in [0.05, 0.1) is 10.2 Å². The summed E-state index contributed by atoms with van der Waals surface area (Å²) in [5.74, 6) is 0. The number of hydrogen-bond donors (Lipinski definition) is 0. The molecular weight excluding hydrogens is 187 g/mol. The number of halogens is 1. The number of alkyl halides is 1. The third-order valence-electron chi connectivity index (χ3n) is 1.64. The number of thiazole rings is 1. The quantitative estimate of drug-likeness (QED) is 0.696. The standard InChI is InChI=1S/C9H5FN2S/c10-6(5-11)9-12-7-3-1-2-4-8(7)13-9/h1-4,6H/t6-/m1/s1. The maximum atomic E-state index is 12.9. The van der Waals surface area contributed by atoms with E-state index >= 15 is 0 Å². The van der Waals surface area contributed by atoms with Gasteiger partial charge in [-0.2, -0.15) is 5.26 Å². The lowest BCUT2D eigenvalue weighted by molar-refractivity contribution is 0.423. The first-order valence-electron chi connectivity index (χ1n) is 3.70. The number of fused-ring (bicyclic) bond motifs is 1. The number of benzene rings is 1. The molecule has 0 aliphatic heterocycles. The number of para-hydroxylation sites is 1. The minimum Gasteiger partial charge on any atom is -0.237 e. The Hall–Kier alpha value is -1.47. The molecule has 2 rings (SSSR count). The van der Waals surface area contributed by atoms with E-state index in [1.165, 1.54) is 17.4 Å². The lowest BCUT2D eigenvalue weighted by atomic mass is 10.3. The summed E-state index contributed by atoms with van der Waals surface area (Å²) in [7, 11) is 0. The van der Waals surface area contributed by atoms with Crippen molar-refractivity contribution in [1.29, 1.82) is 5.26 Å². The van der Waals surface area contributed by atoms with E-state index in [4.69, 9.17) is 5.26 Å². The third-order valence-corrected chi connectivity index (χ3v) is 2.71. The molecule has 0 aliphatic rings. The van der Waals surface area contributed by atoms with Gasteiger partial charge in [0.15, 0.2) is 0 Å². The summed E-state index contributed by atoms with van der Waals surface area (Å²) in [5.41, 5.74) is 0.750. The number of hydrogen-bond acceptors (Lipinski definition) is 3. The lowest BCUT2D eigenvalue weighted by Crippen LogP contribution is -1.83. The molecule has 1 aromatic heterocycles. The van der Waals surface area contributed by atoms with Gasteiger partial charge in [0.25, 0.3) is 0 Å². The van der Waals surface area contributed by atoms with E-state index < -0.39 is 6.17 Å². The zero-order valence-corrected chi connectivity index (χ0v) is 7.38. The fraction of sp³-hybridized carbons (Fsp3) is 0.111. The molecule has 1 atom stereocenters. The van der Waals surface area contributed by atoms with E-state index in [9.17, 15) is 4.39 Å². The van der Waals surface area contributed by atoms with Crippen LogP contribution in [0.4, 0.5) is 4.39 Å². The van der Waals surface area contributed by atoms with Gasteiger partial charge in [0, 0.05) is 0 Å². The Morgan fingerprint density at radius 3 is 2.92 bits per heavy atom.